The van der Waals surface area contributed by atoms with E-state index in [0.29, 0.717) is 0 Å². The Balaban J connectivity index is 1.81. The van der Waals surface area contributed by atoms with Gasteiger partial charge in [-0.3, -0.25) is 5.10 Å². The lowest BCUT2D eigenvalue weighted by molar-refractivity contribution is 1.10. The van der Waals surface area contributed by atoms with E-state index in [1.807, 2.05) is 30.5 Å². The van der Waals surface area contributed by atoms with Crippen LogP contribution in [0.25, 0.3) is 11.3 Å². The maximum absolute atomic E-state index is 4.18. The molecule has 0 radical (unpaired) electrons. The van der Waals surface area contributed by atoms with Crippen LogP contribution in [-0.4, -0.2) is 10.2 Å². The Kier molecular flexibility index (Phi) is 4.06. The number of hydrogen-bond donors (Lipinski definition) is 2. The summed E-state index contributed by atoms with van der Waals surface area (Å²) >= 11 is 3.51. The predicted octanol–water partition coefficient (Wildman–Crippen LogP) is 4.76. The second-order valence-corrected chi connectivity index (χ2v) is 5.86. The van der Waals surface area contributed by atoms with Crippen molar-refractivity contribution in [2.24, 2.45) is 0 Å². The minimum Gasteiger partial charge on any atom is -0.381 e. The second kappa shape index (κ2) is 6.14. The maximum Gasteiger partial charge on any atom is 0.0700 e. The van der Waals surface area contributed by atoms with Crippen LogP contribution in [0.15, 0.2) is 59.2 Å². The van der Waals surface area contributed by atoms with Gasteiger partial charge < -0.3 is 5.32 Å². The maximum atomic E-state index is 4.18. The summed E-state index contributed by atoms with van der Waals surface area (Å²) < 4.78 is 1.08. The number of nitrogens with one attached hydrogen (secondary N) is 2. The smallest absolute Gasteiger partial charge is 0.0700 e. The number of hydrogen-bond acceptors (Lipinski definition) is 2. The highest BCUT2D eigenvalue weighted by Crippen LogP contribution is 2.24. The van der Waals surface area contributed by atoms with Crippen molar-refractivity contribution < 1.29 is 0 Å². The SMILES string of the molecule is Cc1ccc(Br)cc1NCc1cn[nH]c1-c1ccccc1. The third-order valence-corrected chi connectivity index (χ3v) is 3.94. The van der Waals surface area contributed by atoms with Crippen LogP contribution < -0.4 is 5.32 Å². The van der Waals surface area contributed by atoms with Gasteiger partial charge in [-0.05, 0) is 30.2 Å². The van der Waals surface area contributed by atoms with E-state index in [2.05, 4.69) is 62.6 Å². The molecule has 0 atom stereocenters. The van der Waals surface area contributed by atoms with Gasteiger partial charge in [-0.1, -0.05) is 52.3 Å². The van der Waals surface area contributed by atoms with E-state index in [0.717, 1.165) is 33.5 Å². The van der Waals surface area contributed by atoms with Crippen molar-refractivity contribution in [3.63, 3.8) is 0 Å². The molecule has 3 nitrogen and oxygen atoms in total. The van der Waals surface area contributed by atoms with Crippen LogP contribution >= 0.6 is 15.9 Å². The molecule has 0 aliphatic carbocycles. The fourth-order valence-electron chi connectivity index (χ4n) is 2.28. The molecule has 106 valence electrons. The first kappa shape index (κ1) is 13.9. The number of aromatic amines is 1. The Morgan fingerprint density at radius 3 is 2.76 bits per heavy atom. The fraction of sp³-hybridized carbons (Fsp3) is 0.118. The monoisotopic (exact) mass is 341 g/mol. The topological polar surface area (TPSA) is 40.7 Å². The molecule has 21 heavy (non-hydrogen) atoms. The highest BCUT2D eigenvalue weighted by atomic mass is 79.9. The summed E-state index contributed by atoms with van der Waals surface area (Å²) in [6, 6.07) is 16.5. The van der Waals surface area contributed by atoms with Crippen molar-refractivity contribution in [1.82, 2.24) is 10.2 Å². The highest BCUT2D eigenvalue weighted by Gasteiger charge is 2.07. The molecular weight excluding hydrogens is 326 g/mol. The van der Waals surface area contributed by atoms with Crippen LogP contribution in [0, 0.1) is 6.92 Å². The van der Waals surface area contributed by atoms with E-state index in [4.69, 9.17) is 0 Å². The highest BCUT2D eigenvalue weighted by molar-refractivity contribution is 9.10. The fourth-order valence-corrected chi connectivity index (χ4v) is 2.64. The van der Waals surface area contributed by atoms with Gasteiger partial charge in [0.25, 0.3) is 0 Å². The van der Waals surface area contributed by atoms with Gasteiger partial charge in [-0.25, -0.2) is 0 Å². The lowest BCUT2D eigenvalue weighted by Gasteiger charge is -2.10. The summed E-state index contributed by atoms with van der Waals surface area (Å²) in [7, 11) is 0. The molecule has 4 heteroatoms. The molecule has 0 amide bonds. The van der Waals surface area contributed by atoms with Crippen molar-refractivity contribution in [1.29, 1.82) is 0 Å². The largest absolute Gasteiger partial charge is 0.381 e. The summed E-state index contributed by atoms with van der Waals surface area (Å²) in [6.45, 7) is 2.83. The zero-order valence-corrected chi connectivity index (χ0v) is 13.3. The van der Waals surface area contributed by atoms with E-state index in [1.54, 1.807) is 0 Å². The van der Waals surface area contributed by atoms with Gasteiger partial charge in [0, 0.05) is 22.3 Å². The van der Waals surface area contributed by atoms with Crippen LogP contribution in [-0.2, 0) is 6.54 Å². The van der Waals surface area contributed by atoms with Gasteiger partial charge in [0.05, 0.1) is 11.9 Å². The molecule has 0 bridgehead atoms. The standard InChI is InChI=1S/C17H16BrN3/c1-12-7-8-15(18)9-16(12)19-10-14-11-20-21-17(14)13-5-3-2-4-6-13/h2-9,11,19H,10H2,1H3,(H,20,21). The Hall–Kier alpha value is -2.07. The molecule has 0 saturated heterocycles. The molecule has 2 aromatic carbocycles. The molecular formula is C17H16BrN3. The number of aromatic nitrogens is 2. The molecule has 0 fully saturated rings. The average Bonchev–Trinajstić information content (AvgIpc) is 2.97. The van der Waals surface area contributed by atoms with Gasteiger partial charge >= 0.3 is 0 Å². The van der Waals surface area contributed by atoms with Crippen molar-refractivity contribution in [2.45, 2.75) is 13.5 Å². The van der Waals surface area contributed by atoms with Crippen molar-refractivity contribution >= 4 is 21.6 Å². The Labute approximate surface area is 132 Å². The minimum absolute atomic E-state index is 0.734. The minimum atomic E-state index is 0.734. The van der Waals surface area contributed by atoms with E-state index in [1.165, 1.54) is 5.56 Å². The zero-order valence-electron chi connectivity index (χ0n) is 11.7. The van der Waals surface area contributed by atoms with Crippen molar-refractivity contribution in [3.8, 4) is 11.3 Å². The molecule has 1 heterocycles. The van der Waals surface area contributed by atoms with E-state index in [-0.39, 0.29) is 0 Å². The average molecular weight is 342 g/mol. The summed E-state index contributed by atoms with van der Waals surface area (Å²) in [6.07, 6.45) is 1.88. The molecule has 0 aliphatic heterocycles. The molecule has 2 N–H and O–H groups in total. The number of anilines is 1. The summed E-state index contributed by atoms with van der Waals surface area (Å²) in [5.41, 5.74) is 5.72. The van der Waals surface area contributed by atoms with Crippen LogP contribution in [0.1, 0.15) is 11.1 Å². The first-order valence-corrected chi connectivity index (χ1v) is 7.61. The molecule has 0 aliphatic rings. The first-order chi connectivity index (χ1) is 10.2. The lowest BCUT2D eigenvalue weighted by atomic mass is 10.1. The van der Waals surface area contributed by atoms with Gasteiger partial charge in [0.2, 0.25) is 0 Å². The van der Waals surface area contributed by atoms with E-state index in [9.17, 15) is 0 Å². The Bertz CT molecular complexity index is 735. The van der Waals surface area contributed by atoms with Crippen LogP contribution in [0.3, 0.4) is 0 Å². The number of aryl methyl sites for hydroxylation is 1. The number of nitrogens with zero attached hydrogens (tertiary/aromatic N) is 1. The van der Waals surface area contributed by atoms with Crippen molar-refractivity contribution in [3.05, 3.63) is 70.3 Å². The predicted molar refractivity (Wildman–Crippen MR) is 90.2 cm³/mol. The second-order valence-electron chi connectivity index (χ2n) is 4.95. The summed E-state index contributed by atoms with van der Waals surface area (Å²) in [4.78, 5) is 0. The van der Waals surface area contributed by atoms with Gasteiger partial charge in [-0.15, -0.1) is 0 Å². The quantitative estimate of drug-likeness (QED) is 0.718. The first-order valence-electron chi connectivity index (χ1n) is 6.82. The van der Waals surface area contributed by atoms with Gasteiger partial charge in [0.15, 0.2) is 0 Å². The zero-order chi connectivity index (χ0) is 14.7. The number of benzene rings is 2. The van der Waals surface area contributed by atoms with Gasteiger partial charge in [0.1, 0.15) is 0 Å². The van der Waals surface area contributed by atoms with Crippen LogP contribution in [0.5, 0.6) is 0 Å². The number of halogens is 1. The van der Waals surface area contributed by atoms with Crippen molar-refractivity contribution in [2.75, 3.05) is 5.32 Å². The normalized spacial score (nSPS) is 10.6. The van der Waals surface area contributed by atoms with E-state index >= 15 is 0 Å². The van der Waals surface area contributed by atoms with E-state index < -0.39 is 0 Å². The third-order valence-electron chi connectivity index (χ3n) is 3.45. The Morgan fingerprint density at radius 1 is 1.14 bits per heavy atom. The summed E-state index contributed by atoms with van der Waals surface area (Å²) in [5, 5.41) is 10.7. The van der Waals surface area contributed by atoms with Gasteiger partial charge in [-0.2, -0.15) is 5.10 Å². The molecule has 0 spiro atoms. The molecule has 3 aromatic rings. The number of rotatable bonds is 4. The van der Waals surface area contributed by atoms with Crippen LogP contribution in [0.4, 0.5) is 5.69 Å². The van der Waals surface area contributed by atoms with Crippen LogP contribution in [0.2, 0.25) is 0 Å². The summed E-state index contributed by atoms with van der Waals surface area (Å²) in [5.74, 6) is 0. The molecule has 0 saturated carbocycles. The molecule has 1 aromatic heterocycles. The molecule has 0 unspecified atom stereocenters. The lowest BCUT2D eigenvalue weighted by Crippen LogP contribution is -2.01. The Morgan fingerprint density at radius 2 is 1.95 bits per heavy atom. The number of H-pyrrole nitrogens is 1. The third kappa shape index (κ3) is 3.16. The molecule has 3 rings (SSSR count).